The topological polar surface area (TPSA) is 72.7 Å². The van der Waals surface area contributed by atoms with E-state index in [0.29, 0.717) is 12.0 Å². The van der Waals surface area contributed by atoms with Crippen molar-refractivity contribution < 1.29 is 4.79 Å². The summed E-state index contributed by atoms with van der Waals surface area (Å²) in [4.78, 5) is 12.0. The van der Waals surface area contributed by atoms with Crippen molar-refractivity contribution in [3.63, 3.8) is 0 Å². The van der Waals surface area contributed by atoms with E-state index in [4.69, 9.17) is 0 Å². The first-order valence-corrected chi connectivity index (χ1v) is 7.41. The lowest BCUT2D eigenvalue weighted by Gasteiger charge is -2.07. The first-order valence-electron chi connectivity index (χ1n) is 7.41. The molecule has 2 atom stereocenters. The van der Waals surface area contributed by atoms with E-state index in [2.05, 4.69) is 27.8 Å². The number of aromatic nitrogens is 4. The molecule has 1 heterocycles. The van der Waals surface area contributed by atoms with Crippen LogP contribution in [0, 0.1) is 11.8 Å². The van der Waals surface area contributed by atoms with E-state index in [0.717, 1.165) is 36.3 Å². The monoisotopic (exact) mass is 283 g/mol. The number of carbonyl (C=O) groups is 1. The molecule has 0 saturated heterocycles. The first kappa shape index (κ1) is 12.5. The second-order valence-electron chi connectivity index (χ2n) is 6.07. The van der Waals surface area contributed by atoms with Gasteiger partial charge in [0.05, 0.1) is 6.04 Å². The third kappa shape index (κ3) is 2.41. The molecule has 0 bridgehead atoms. The molecule has 1 amide bonds. The Hall–Kier alpha value is -2.24. The van der Waals surface area contributed by atoms with Crippen LogP contribution in [0.5, 0.6) is 0 Å². The lowest BCUT2D eigenvalue weighted by atomic mass is 10.2. The summed E-state index contributed by atoms with van der Waals surface area (Å²) in [6.45, 7) is 2.10. The zero-order valence-electron chi connectivity index (χ0n) is 11.9. The van der Waals surface area contributed by atoms with E-state index in [-0.39, 0.29) is 11.8 Å². The van der Waals surface area contributed by atoms with Gasteiger partial charge in [-0.3, -0.25) is 4.79 Å². The van der Waals surface area contributed by atoms with Gasteiger partial charge in [0.1, 0.15) is 0 Å². The van der Waals surface area contributed by atoms with Crippen LogP contribution in [0.2, 0.25) is 0 Å². The number of benzene rings is 1. The number of hydrogen-bond acceptors (Lipinski definition) is 4. The van der Waals surface area contributed by atoms with Gasteiger partial charge in [-0.15, -0.1) is 5.10 Å². The minimum atomic E-state index is 0.112. The zero-order valence-corrected chi connectivity index (χ0v) is 11.9. The maximum atomic E-state index is 12.0. The van der Waals surface area contributed by atoms with Gasteiger partial charge in [0, 0.05) is 17.2 Å². The highest BCUT2D eigenvalue weighted by Crippen LogP contribution is 2.39. The average Bonchev–Trinajstić information content (AvgIpc) is 3.39. The van der Waals surface area contributed by atoms with Crippen LogP contribution >= 0.6 is 0 Å². The molecular formula is C15H17N5O. The second kappa shape index (κ2) is 4.65. The van der Waals surface area contributed by atoms with E-state index < -0.39 is 0 Å². The molecule has 0 radical (unpaired) electrons. The summed E-state index contributed by atoms with van der Waals surface area (Å²) in [5, 5.41) is 14.9. The van der Waals surface area contributed by atoms with Crippen molar-refractivity contribution in [3.8, 4) is 11.4 Å². The van der Waals surface area contributed by atoms with Gasteiger partial charge in [-0.2, -0.15) is 0 Å². The summed E-state index contributed by atoms with van der Waals surface area (Å²) >= 11 is 0. The fourth-order valence-electron chi connectivity index (χ4n) is 2.61. The normalized spacial score (nSPS) is 23.9. The highest BCUT2D eigenvalue weighted by molar-refractivity contribution is 5.94. The van der Waals surface area contributed by atoms with Crippen LogP contribution in [-0.4, -0.2) is 26.1 Å². The first-order chi connectivity index (χ1) is 10.2. The third-order valence-electron chi connectivity index (χ3n) is 4.22. The van der Waals surface area contributed by atoms with Crippen molar-refractivity contribution >= 4 is 11.6 Å². The number of tetrazole rings is 1. The fourth-order valence-corrected chi connectivity index (χ4v) is 2.61. The Kier molecular flexibility index (Phi) is 2.77. The Morgan fingerprint density at radius 1 is 1.38 bits per heavy atom. The largest absolute Gasteiger partial charge is 0.326 e. The molecule has 2 aromatic rings. The Bertz CT molecular complexity index is 691. The minimum Gasteiger partial charge on any atom is -0.326 e. The van der Waals surface area contributed by atoms with Gasteiger partial charge < -0.3 is 5.32 Å². The van der Waals surface area contributed by atoms with E-state index >= 15 is 0 Å². The lowest BCUT2D eigenvalue weighted by Crippen LogP contribution is -2.14. The summed E-state index contributed by atoms with van der Waals surface area (Å²) in [5.41, 5.74) is 1.75. The standard InChI is InChI=1S/C15H17N5O/c1-9-7-13(9)15(21)16-11-4-2-3-10(8-11)14-17-18-19-20(14)12-5-6-12/h2-4,8-9,12-13H,5-7H2,1H3,(H,16,21)/t9-,13+/m1/s1. The SMILES string of the molecule is C[C@@H]1C[C@@H]1C(=O)Nc1cccc(-c2nnnn2C2CC2)c1. The molecule has 6 heteroatoms. The Balaban J connectivity index is 1.57. The van der Waals surface area contributed by atoms with E-state index in [9.17, 15) is 4.79 Å². The molecule has 1 aromatic heterocycles. The van der Waals surface area contributed by atoms with E-state index in [1.807, 2.05) is 28.9 Å². The number of hydrogen-bond donors (Lipinski definition) is 1. The molecule has 0 aliphatic heterocycles. The molecule has 0 unspecified atom stereocenters. The summed E-state index contributed by atoms with van der Waals surface area (Å²) in [6, 6.07) is 8.17. The molecule has 2 fully saturated rings. The van der Waals surface area contributed by atoms with Crippen molar-refractivity contribution in [2.24, 2.45) is 11.8 Å². The number of anilines is 1. The van der Waals surface area contributed by atoms with Gasteiger partial charge in [0.25, 0.3) is 0 Å². The number of rotatable bonds is 4. The average molecular weight is 283 g/mol. The molecular weight excluding hydrogens is 266 g/mol. The summed E-state index contributed by atoms with van der Waals surface area (Å²) in [7, 11) is 0. The number of amides is 1. The van der Waals surface area contributed by atoms with Gasteiger partial charge in [0.15, 0.2) is 5.82 Å². The van der Waals surface area contributed by atoms with Gasteiger partial charge in [-0.25, -0.2) is 4.68 Å². The zero-order chi connectivity index (χ0) is 14.4. The number of nitrogens with zero attached hydrogens (tertiary/aromatic N) is 4. The fraction of sp³-hybridized carbons (Fsp3) is 0.467. The highest BCUT2D eigenvalue weighted by atomic mass is 16.2. The van der Waals surface area contributed by atoms with Crippen LogP contribution in [0.25, 0.3) is 11.4 Å². The molecule has 1 N–H and O–H groups in total. The minimum absolute atomic E-state index is 0.112. The summed E-state index contributed by atoms with van der Waals surface area (Å²) in [6.07, 6.45) is 3.26. The highest BCUT2D eigenvalue weighted by Gasteiger charge is 2.39. The van der Waals surface area contributed by atoms with Crippen LogP contribution < -0.4 is 5.32 Å². The molecule has 0 spiro atoms. The Morgan fingerprint density at radius 2 is 2.19 bits per heavy atom. The molecule has 108 valence electrons. The quantitative estimate of drug-likeness (QED) is 0.934. The van der Waals surface area contributed by atoms with Gasteiger partial charge in [-0.05, 0) is 47.7 Å². The summed E-state index contributed by atoms with van der Waals surface area (Å²) in [5.74, 6) is 1.57. The smallest absolute Gasteiger partial charge is 0.227 e. The van der Waals surface area contributed by atoms with Crippen molar-refractivity contribution in [1.82, 2.24) is 20.2 Å². The number of nitrogens with one attached hydrogen (secondary N) is 1. The Labute approximate surface area is 122 Å². The second-order valence-corrected chi connectivity index (χ2v) is 6.07. The van der Waals surface area contributed by atoms with Crippen molar-refractivity contribution in [3.05, 3.63) is 24.3 Å². The van der Waals surface area contributed by atoms with Crippen molar-refractivity contribution in [2.45, 2.75) is 32.2 Å². The molecule has 2 aliphatic carbocycles. The van der Waals surface area contributed by atoms with Crippen LogP contribution in [0.4, 0.5) is 5.69 Å². The maximum absolute atomic E-state index is 12.0. The van der Waals surface area contributed by atoms with Gasteiger partial charge >= 0.3 is 0 Å². The molecule has 4 rings (SSSR count). The van der Waals surface area contributed by atoms with Crippen molar-refractivity contribution in [1.29, 1.82) is 0 Å². The molecule has 6 nitrogen and oxygen atoms in total. The van der Waals surface area contributed by atoms with E-state index in [1.165, 1.54) is 0 Å². The van der Waals surface area contributed by atoms with Gasteiger partial charge in [0.2, 0.25) is 5.91 Å². The predicted molar refractivity (Wildman–Crippen MR) is 77.4 cm³/mol. The summed E-state index contributed by atoms with van der Waals surface area (Å²) < 4.78 is 1.88. The van der Waals surface area contributed by atoms with Crippen LogP contribution in [0.15, 0.2) is 24.3 Å². The van der Waals surface area contributed by atoms with Gasteiger partial charge in [-0.1, -0.05) is 19.1 Å². The lowest BCUT2D eigenvalue weighted by molar-refractivity contribution is -0.117. The predicted octanol–water partition coefficient (Wildman–Crippen LogP) is 2.27. The van der Waals surface area contributed by atoms with E-state index in [1.54, 1.807) is 0 Å². The van der Waals surface area contributed by atoms with Crippen molar-refractivity contribution in [2.75, 3.05) is 5.32 Å². The molecule has 21 heavy (non-hydrogen) atoms. The molecule has 2 aliphatic rings. The molecule has 1 aromatic carbocycles. The Morgan fingerprint density at radius 3 is 2.90 bits per heavy atom. The van der Waals surface area contributed by atoms with Crippen LogP contribution in [0.1, 0.15) is 32.2 Å². The third-order valence-corrected chi connectivity index (χ3v) is 4.22. The molecule has 2 saturated carbocycles. The van der Waals surface area contributed by atoms with Crippen LogP contribution in [0.3, 0.4) is 0 Å². The van der Waals surface area contributed by atoms with Crippen LogP contribution in [-0.2, 0) is 4.79 Å². The maximum Gasteiger partial charge on any atom is 0.227 e. The number of carbonyl (C=O) groups excluding carboxylic acids is 1.